The third-order valence-electron chi connectivity index (χ3n) is 6.80. The van der Waals surface area contributed by atoms with Crippen LogP contribution in [0.3, 0.4) is 0 Å². The zero-order chi connectivity index (χ0) is 25.1. The summed E-state index contributed by atoms with van der Waals surface area (Å²) in [6, 6.07) is 13.3. The number of carbonyl (C=O) groups excluding carboxylic acids is 1. The lowest BCUT2D eigenvalue weighted by atomic mass is 9.78. The third-order valence-corrected chi connectivity index (χ3v) is 9.13. The Labute approximate surface area is 217 Å². The van der Waals surface area contributed by atoms with Gasteiger partial charge in [-0.1, -0.05) is 29.3 Å². The van der Waals surface area contributed by atoms with Crippen LogP contribution in [0.2, 0.25) is 10.0 Å². The van der Waals surface area contributed by atoms with Crippen LogP contribution < -0.4 is 4.74 Å². The largest absolute Gasteiger partial charge is 0.493 e. The SMILES string of the molecule is CN1CCN(C(=O)C[C@@]2(COc3ccc(Cl)cc3)CCCN(S(=O)(=O)c3cccc(Cl)c3)C2)CC1. The van der Waals surface area contributed by atoms with Crippen LogP contribution in [-0.2, 0) is 14.8 Å². The fourth-order valence-corrected chi connectivity index (χ4v) is 6.73. The second kappa shape index (κ2) is 11.0. The molecule has 0 spiro atoms. The summed E-state index contributed by atoms with van der Waals surface area (Å²) in [5, 5.41) is 0.972. The molecule has 2 saturated heterocycles. The Balaban J connectivity index is 1.57. The Bertz CT molecular complexity index is 1140. The Hall–Kier alpha value is -1.84. The van der Waals surface area contributed by atoms with Gasteiger partial charge in [0.2, 0.25) is 15.9 Å². The van der Waals surface area contributed by atoms with Crippen molar-refractivity contribution in [2.45, 2.75) is 24.2 Å². The highest BCUT2D eigenvalue weighted by Crippen LogP contribution is 2.38. The number of nitrogens with zero attached hydrogens (tertiary/aromatic N) is 3. The molecule has 35 heavy (non-hydrogen) atoms. The smallest absolute Gasteiger partial charge is 0.243 e. The number of rotatable bonds is 7. The van der Waals surface area contributed by atoms with Crippen molar-refractivity contribution in [3.63, 3.8) is 0 Å². The Morgan fingerprint density at radius 1 is 1.00 bits per heavy atom. The van der Waals surface area contributed by atoms with E-state index in [1.165, 1.54) is 10.4 Å². The molecular weight excluding hydrogens is 509 g/mol. The highest BCUT2D eigenvalue weighted by molar-refractivity contribution is 7.89. The zero-order valence-electron chi connectivity index (χ0n) is 19.8. The molecule has 0 bridgehead atoms. The van der Waals surface area contributed by atoms with Gasteiger partial charge in [0.15, 0.2) is 0 Å². The van der Waals surface area contributed by atoms with Crippen LogP contribution in [-0.4, -0.2) is 81.4 Å². The molecule has 1 atom stereocenters. The molecule has 0 saturated carbocycles. The topological polar surface area (TPSA) is 70.2 Å². The van der Waals surface area contributed by atoms with Crippen molar-refractivity contribution >= 4 is 39.1 Å². The van der Waals surface area contributed by atoms with Gasteiger partial charge < -0.3 is 14.5 Å². The number of ether oxygens (including phenoxy) is 1. The first-order valence-electron chi connectivity index (χ1n) is 11.8. The van der Waals surface area contributed by atoms with E-state index in [0.29, 0.717) is 48.3 Å². The van der Waals surface area contributed by atoms with Gasteiger partial charge >= 0.3 is 0 Å². The molecule has 2 heterocycles. The molecule has 2 aromatic carbocycles. The van der Waals surface area contributed by atoms with E-state index in [4.69, 9.17) is 27.9 Å². The van der Waals surface area contributed by atoms with E-state index >= 15 is 0 Å². The summed E-state index contributed by atoms with van der Waals surface area (Å²) in [6.07, 6.45) is 1.56. The number of carbonyl (C=O) groups is 1. The van der Waals surface area contributed by atoms with Gasteiger partial charge in [-0.2, -0.15) is 4.31 Å². The molecule has 190 valence electrons. The molecule has 7 nitrogen and oxygen atoms in total. The van der Waals surface area contributed by atoms with Gasteiger partial charge in [0.05, 0.1) is 11.5 Å². The number of benzene rings is 2. The van der Waals surface area contributed by atoms with Gasteiger partial charge in [-0.3, -0.25) is 4.79 Å². The summed E-state index contributed by atoms with van der Waals surface area (Å²) >= 11 is 12.1. The van der Waals surface area contributed by atoms with Crippen LogP contribution in [0.15, 0.2) is 53.4 Å². The average molecular weight is 541 g/mol. The van der Waals surface area contributed by atoms with E-state index in [1.807, 2.05) is 11.9 Å². The fourth-order valence-electron chi connectivity index (χ4n) is 4.71. The van der Waals surface area contributed by atoms with Crippen LogP contribution in [0, 0.1) is 5.41 Å². The van der Waals surface area contributed by atoms with Crippen molar-refractivity contribution in [1.82, 2.24) is 14.1 Å². The van der Waals surface area contributed by atoms with Gasteiger partial charge in [0, 0.05) is 61.1 Å². The number of hydrogen-bond acceptors (Lipinski definition) is 5. The van der Waals surface area contributed by atoms with Crippen LogP contribution in [0.25, 0.3) is 0 Å². The molecule has 2 aromatic rings. The number of sulfonamides is 1. The number of amides is 1. The first-order chi connectivity index (χ1) is 16.7. The van der Waals surface area contributed by atoms with E-state index in [-0.39, 0.29) is 30.4 Å². The minimum atomic E-state index is -3.77. The lowest BCUT2D eigenvalue weighted by Gasteiger charge is -2.43. The predicted octanol–water partition coefficient (Wildman–Crippen LogP) is 4.01. The molecule has 0 aliphatic carbocycles. The lowest BCUT2D eigenvalue weighted by Crippen LogP contribution is -2.53. The van der Waals surface area contributed by atoms with Gasteiger partial charge in [-0.25, -0.2) is 8.42 Å². The van der Waals surface area contributed by atoms with E-state index < -0.39 is 15.4 Å². The van der Waals surface area contributed by atoms with Crippen molar-refractivity contribution in [1.29, 1.82) is 0 Å². The molecule has 10 heteroatoms. The molecular formula is C25H31Cl2N3O4S. The van der Waals surface area contributed by atoms with Crippen LogP contribution in [0.1, 0.15) is 19.3 Å². The number of hydrogen-bond donors (Lipinski definition) is 0. The summed E-state index contributed by atoms with van der Waals surface area (Å²) in [5.41, 5.74) is -0.649. The monoisotopic (exact) mass is 539 g/mol. The van der Waals surface area contributed by atoms with Gasteiger partial charge in [0.1, 0.15) is 5.75 Å². The maximum Gasteiger partial charge on any atom is 0.243 e. The summed E-state index contributed by atoms with van der Waals surface area (Å²) < 4.78 is 34.5. The molecule has 2 fully saturated rings. The summed E-state index contributed by atoms with van der Waals surface area (Å²) in [7, 11) is -1.72. The van der Waals surface area contributed by atoms with Crippen molar-refractivity contribution < 1.29 is 17.9 Å². The van der Waals surface area contributed by atoms with Gasteiger partial charge in [-0.15, -0.1) is 0 Å². The van der Waals surface area contributed by atoms with Crippen molar-refractivity contribution in [2.24, 2.45) is 5.41 Å². The van der Waals surface area contributed by atoms with Crippen LogP contribution >= 0.6 is 23.2 Å². The second-order valence-corrected chi connectivity index (χ2v) is 12.3. The standard InChI is InChI=1S/C25H31Cl2N3O4S/c1-28-12-14-29(15-13-28)24(31)17-25(19-34-22-8-6-20(26)7-9-22)10-3-11-30(18-25)35(32,33)23-5-2-4-21(27)16-23/h2,4-9,16H,3,10-15,17-19H2,1H3/t25-/m0/s1. The highest BCUT2D eigenvalue weighted by atomic mass is 35.5. The molecule has 0 radical (unpaired) electrons. The molecule has 2 aliphatic heterocycles. The molecule has 0 aromatic heterocycles. The summed E-state index contributed by atoms with van der Waals surface area (Å²) in [4.78, 5) is 17.6. The van der Waals surface area contributed by atoms with Gasteiger partial charge in [0.25, 0.3) is 0 Å². The summed E-state index contributed by atoms with van der Waals surface area (Å²) in [6.45, 7) is 3.83. The molecule has 4 rings (SSSR count). The number of halogens is 2. The quantitative estimate of drug-likeness (QED) is 0.531. The zero-order valence-corrected chi connectivity index (χ0v) is 22.2. The normalized spacial score (nSPS) is 22.2. The highest BCUT2D eigenvalue weighted by Gasteiger charge is 2.43. The number of piperidine rings is 1. The van der Waals surface area contributed by atoms with Crippen molar-refractivity contribution in [2.75, 3.05) is 52.9 Å². The average Bonchev–Trinajstić information content (AvgIpc) is 2.84. The van der Waals surface area contributed by atoms with E-state index in [0.717, 1.165) is 13.1 Å². The maximum absolute atomic E-state index is 13.5. The third kappa shape index (κ3) is 6.49. The minimum Gasteiger partial charge on any atom is -0.493 e. The van der Waals surface area contributed by atoms with E-state index in [1.54, 1.807) is 42.5 Å². The summed E-state index contributed by atoms with van der Waals surface area (Å²) in [5.74, 6) is 0.676. The predicted molar refractivity (Wildman–Crippen MR) is 138 cm³/mol. The van der Waals surface area contributed by atoms with E-state index in [2.05, 4.69) is 4.90 Å². The Kier molecular flexibility index (Phi) is 8.28. The van der Waals surface area contributed by atoms with Gasteiger partial charge in [-0.05, 0) is 62.4 Å². The van der Waals surface area contributed by atoms with Crippen molar-refractivity contribution in [3.05, 3.63) is 58.6 Å². The molecule has 2 aliphatic rings. The Morgan fingerprint density at radius 3 is 2.40 bits per heavy atom. The first kappa shape index (κ1) is 26.2. The lowest BCUT2D eigenvalue weighted by molar-refractivity contribution is -0.136. The maximum atomic E-state index is 13.5. The van der Waals surface area contributed by atoms with Crippen LogP contribution in [0.4, 0.5) is 0 Å². The van der Waals surface area contributed by atoms with Crippen molar-refractivity contribution in [3.8, 4) is 5.75 Å². The number of likely N-dealkylation sites (N-methyl/N-ethyl adjacent to an activating group) is 1. The molecule has 1 amide bonds. The molecule has 0 N–H and O–H groups in total. The molecule has 0 unspecified atom stereocenters. The Morgan fingerprint density at radius 2 is 1.71 bits per heavy atom. The fraction of sp³-hybridized carbons (Fsp3) is 0.480. The van der Waals surface area contributed by atoms with E-state index in [9.17, 15) is 13.2 Å². The first-order valence-corrected chi connectivity index (χ1v) is 14.0. The second-order valence-electron chi connectivity index (χ2n) is 9.50. The number of piperazine rings is 1. The minimum absolute atomic E-state index is 0.0415. The van der Waals surface area contributed by atoms with Crippen LogP contribution in [0.5, 0.6) is 5.75 Å².